The monoisotopic (exact) mass is 349 g/mol. The van der Waals surface area contributed by atoms with E-state index < -0.39 is 0 Å². The second-order valence-corrected chi connectivity index (χ2v) is 7.36. The van der Waals surface area contributed by atoms with E-state index in [4.69, 9.17) is 9.73 Å². The van der Waals surface area contributed by atoms with Gasteiger partial charge in [-0.2, -0.15) is 0 Å². The zero-order valence-electron chi connectivity index (χ0n) is 15.4. The standard InChI is InChI=1S/C22H27N3O/c1-26-16-18-9-7-8-17(14-18)15-23-21-22(12-5-2-6-13-22)25-20-11-4-3-10-19(20)24-21/h3-4,7-11,14,25H,2,5-6,12-13,15-16H2,1H3,(H,23,24). The molecule has 2 aromatic rings. The van der Waals surface area contributed by atoms with E-state index >= 15 is 0 Å². The molecule has 136 valence electrons. The van der Waals surface area contributed by atoms with Crippen molar-refractivity contribution in [1.29, 1.82) is 0 Å². The van der Waals surface area contributed by atoms with E-state index in [1.54, 1.807) is 7.11 Å². The third-order valence-corrected chi connectivity index (χ3v) is 5.44. The number of benzene rings is 2. The Balaban J connectivity index is 1.62. The Labute approximate surface area is 155 Å². The van der Waals surface area contributed by atoms with Crippen LogP contribution in [0.3, 0.4) is 0 Å². The Kier molecular flexibility index (Phi) is 4.93. The first-order chi connectivity index (χ1) is 12.8. The predicted molar refractivity (Wildman–Crippen MR) is 108 cm³/mol. The van der Waals surface area contributed by atoms with Crippen LogP contribution in [0, 0.1) is 0 Å². The number of amidine groups is 1. The summed E-state index contributed by atoms with van der Waals surface area (Å²) in [7, 11) is 1.73. The topological polar surface area (TPSA) is 45.6 Å². The number of rotatable bonds is 4. The number of hydrogen-bond acceptors (Lipinski definition) is 3. The smallest absolute Gasteiger partial charge is 0.127 e. The third kappa shape index (κ3) is 3.47. The lowest BCUT2D eigenvalue weighted by molar-refractivity contribution is 0.185. The molecule has 0 unspecified atom stereocenters. The molecule has 0 amide bonds. The first kappa shape index (κ1) is 17.1. The fourth-order valence-corrected chi connectivity index (χ4v) is 4.13. The molecule has 0 bridgehead atoms. The summed E-state index contributed by atoms with van der Waals surface area (Å²) in [5, 5.41) is 7.45. The number of nitrogens with one attached hydrogen (secondary N) is 2. The maximum Gasteiger partial charge on any atom is 0.127 e. The van der Waals surface area contributed by atoms with Gasteiger partial charge < -0.3 is 15.4 Å². The number of fused-ring (bicyclic) bond motifs is 1. The van der Waals surface area contributed by atoms with E-state index in [-0.39, 0.29) is 5.54 Å². The average Bonchev–Trinajstić information content (AvgIpc) is 2.68. The van der Waals surface area contributed by atoms with E-state index in [1.807, 2.05) is 0 Å². The minimum absolute atomic E-state index is 0.0449. The van der Waals surface area contributed by atoms with Crippen molar-refractivity contribution < 1.29 is 4.74 Å². The van der Waals surface area contributed by atoms with Gasteiger partial charge in [0.25, 0.3) is 0 Å². The highest BCUT2D eigenvalue weighted by Gasteiger charge is 2.40. The van der Waals surface area contributed by atoms with Crippen LogP contribution in [0.25, 0.3) is 0 Å². The van der Waals surface area contributed by atoms with Gasteiger partial charge in [-0.25, -0.2) is 0 Å². The van der Waals surface area contributed by atoms with Crippen LogP contribution >= 0.6 is 0 Å². The number of aliphatic imine (C=N–C) groups is 1. The van der Waals surface area contributed by atoms with Crippen LogP contribution in [-0.2, 0) is 17.9 Å². The summed E-state index contributed by atoms with van der Waals surface area (Å²) in [6.45, 7) is 1.33. The predicted octanol–water partition coefficient (Wildman–Crippen LogP) is 4.97. The molecule has 4 nitrogen and oxygen atoms in total. The summed E-state index contributed by atoms with van der Waals surface area (Å²) in [5.41, 5.74) is 4.68. The van der Waals surface area contributed by atoms with E-state index in [0.717, 1.165) is 24.4 Å². The molecule has 26 heavy (non-hydrogen) atoms. The largest absolute Gasteiger partial charge is 0.380 e. The van der Waals surface area contributed by atoms with Crippen LogP contribution in [-0.4, -0.2) is 18.5 Å². The Bertz CT molecular complexity index is 793. The Hall–Kier alpha value is -2.33. The molecule has 1 spiro atoms. The molecule has 1 saturated carbocycles. The zero-order chi connectivity index (χ0) is 17.8. The second kappa shape index (κ2) is 7.50. The van der Waals surface area contributed by atoms with Crippen molar-refractivity contribution in [3.8, 4) is 0 Å². The Morgan fingerprint density at radius 3 is 2.54 bits per heavy atom. The first-order valence-corrected chi connectivity index (χ1v) is 9.55. The van der Waals surface area contributed by atoms with Crippen molar-refractivity contribution in [2.24, 2.45) is 4.99 Å². The highest BCUT2D eigenvalue weighted by Crippen LogP contribution is 2.39. The quantitative estimate of drug-likeness (QED) is 0.819. The summed E-state index contributed by atoms with van der Waals surface area (Å²) in [6.07, 6.45) is 6.09. The number of ether oxygens (including phenoxy) is 1. The molecule has 0 radical (unpaired) electrons. The molecule has 1 aliphatic heterocycles. The third-order valence-electron chi connectivity index (χ3n) is 5.44. The van der Waals surface area contributed by atoms with E-state index in [9.17, 15) is 0 Å². The molecule has 2 N–H and O–H groups in total. The first-order valence-electron chi connectivity index (χ1n) is 9.55. The van der Waals surface area contributed by atoms with Crippen molar-refractivity contribution in [1.82, 2.24) is 0 Å². The average molecular weight is 349 g/mol. The maximum atomic E-state index is 5.25. The van der Waals surface area contributed by atoms with Gasteiger partial charge in [-0.05, 0) is 36.1 Å². The van der Waals surface area contributed by atoms with Gasteiger partial charge in [0.2, 0.25) is 0 Å². The van der Waals surface area contributed by atoms with Gasteiger partial charge in [-0.15, -0.1) is 0 Å². The molecular formula is C22H27N3O. The highest BCUT2D eigenvalue weighted by molar-refractivity contribution is 6.09. The SMILES string of the molecule is COCc1cccc(CN=C2Nc3ccccc3NC23CCCCC3)c1. The van der Waals surface area contributed by atoms with Gasteiger partial charge in [-0.3, -0.25) is 4.99 Å². The fourth-order valence-electron chi connectivity index (χ4n) is 4.13. The number of nitrogens with zero attached hydrogens (tertiary/aromatic N) is 1. The number of methoxy groups -OCH3 is 1. The normalized spacial score (nSPS) is 19.7. The van der Waals surface area contributed by atoms with Gasteiger partial charge in [0, 0.05) is 7.11 Å². The minimum atomic E-state index is -0.0449. The lowest BCUT2D eigenvalue weighted by Gasteiger charge is -2.44. The second-order valence-electron chi connectivity index (χ2n) is 7.36. The summed E-state index contributed by atoms with van der Waals surface area (Å²) < 4.78 is 5.25. The molecule has 0 saturated heterocycles. The summed E-state index contributed by atoms with van der Waals surface area (Å²) >= 11 is 0. The Morgan fingerprint density at radius 2 is 1.73 bits per heavy atom. The molecule has 1 heterocycles. The van der Waals surface area contributed by atoms with Gasteiger partial charge >= 0.3 is 0 Å². The molecule has 4 heteroatoms. The lowest BCUT2D eigenvalue weighted by atomic mass is 9.79. The van der Waals surface area contributed by atoms with E-state index in [2.05, 4.69) is 59.2 Å². The van der Waals surface area contributed by atoms with Crippen molar-refractivity contribution >= 4 is 17.2 Å². The summed E-state index contributed by atoms with van der Waals surface area (Å²) in [5.74, 6) is 1.09. The van der Waals surface area contributed by atoms with Crippen LogP contribution in [0.1, 0.15) is 43.2 Å². The minimum Gasteiger partial charge on any atom is -0.380 e. The molecule has 1 fully saturated rings. The van der Waals surface area contributed by atoms with Gasteiger partial charge in [0.15, 0.2) is 0 Å². The van der Waals surface area contributed by atoms with Crippen molar-refractivity contribution in [2.45, 2.75) is 50.8 Å². The van der Waals surface area contributed by atoms with E-state index in [1.165, 1.54) is 36.1 Å². The zero-order valence-corrected chi connectivity index (χ0v) is 15.4. The lowest BCUT2D eigenvalue weighted by Crippen LogP contribution is -2.53. The molecular weight excluding hydrogens is 322 g/mol. The highest BCUT2D eigenvalue weighted by atomic mass is 16.5. The molecule has 4 rings (SSSR count). The van der Waals surface area contributed by atoms with Crippen LogP contribution in [0.15, 0.2) is 53.5 Å². The molecule has 0 aromatic heterocycles. The van der Waals surface area contributed by atoms with E-state index in [0.29, 0.717) is 13.2 Å². The van der Waals surface area contributed by atoms with Crippen LogP contribution in [0.4, 0.5) is 11.4 Å². The maximum absolute atomic E-state index is 5.25. The van der Waals surface area contributed by atoms with Gasteiger partial charge in [0.05, 0.1) is 30.1 Å². The Morgan fingerprint density at radius 1 is 0.962 bits per heavy atom. The van der Waals surface area contributed by atoms with Crippen molar-refractivity contribution in [2.75, 3.05) is 17.7 Å². The van der Waals surface area contributed by atoms with Crippen LogP contribution in [0.5, 0.6) is 0 Å². The number of anilines is 2. The molecule has 2 aliphatic rings. The van der Waals surface area contributed by atoms with Gasteiger partial charge in [0.1, 0.15) is 5.84 Å². The summed E-state index contributed by atoms with van der Waals surface area (Å²) in [4.78, 5) is 5.03. The van der Waals surface area contributed by atoms with Crippen molar-refractivity contribution in [3.63, 3.8) is 0 Å². The van der Waals surface area contributed by atoms with Gasteiger partial charge in [-0.1, -0.05) is 55.7 Å². The molecule has 0 atom stereocenters. The van der Waals surface area contributed by atoms with Crippen molar-refractivity contribution in [3.05, 3.63) is 59.7 Å². The van der Waals surface area contributed by atoms with Crippen LogP contribution < -0.4 is 10.6 Å². The molecule has 2 aromatic carbocycles. The summed E-state index contributed by atoms with van der Waals surface area (Å²) in [6, 6.07) is 16.9. The molecule has 1 aliphatic carbocycles. The van der Waals surface area contributed by atoms with Crippen LogP contribution in [0.2, 0.25) is 0 Å². The number of para-hydroxylation sites is 2. The number of hydrogen-bond donors (Lipinski definition) is 2. The fraction of sp³-hybridized carbons (Fsp3) is 0.409.